The molecule has 8 heteroatoms. The number of hydrogen-bond donors (Lipinski definition) is 1. The summed E-state index contributed by atoms with van der Waals surface area (Å²) in [7, 11) is -2.12. The SMILES string of the molecule is Cc1c(Cl)ccc(OCC(=O)Nc2ccc(S(=O)(=O)N(C)Cc3ccccc3)cc2)c1C. The van der Waals surface area contributed by atoms with Gasteiger partial charge in [-0.15, -0.1) is 0 Å². The van der Waals surface area contributed by atoms with Gasteiger partial charge in [-0.2, -0.15) is 4.31 Å². The maximum absolute atomic E-state index is 12.8. The molecular weight excluding hydrogens is 448 g/mol. The molecule has 0 bridgehead atoms. The van der Waals surface area contributed by atoms with E-state index in [1.807, 2.05) is 44.2 Å². The number of hydrogen-bond acceptors (Lipinski definition) is 4. The largest absolute Gasteiger partial charge is 0.483 e. The van der Waals surface area contributed by atoms with E-state index < -0.39 is 10.0 Å². The van der Waals surface area contributed by atoms with Gasteiger partial charge in [-0.1, -0.05) is 41.9 Å². The van der Waals surface area contributed by atoms with E-state index in [-0.39, 0.29) is 24.0 Å². The molecule has 168 valence electrons. The summed E-state index contributed by atoms with van der Waals surface area (Å²) in [5, 5.41) is 3.35. The monoisotopic (exact) mass is 472 g/mol. The van der Waals surface area contributed by atoms with Gasteiger partial charge in [0.25, 0.3) is 5.91 Å². The smallest absolute Gasteiger partial charge is 0.262 e. The van der Waals surface area contributed by atoms with Crippen LogP contribution in [-0.2, 0) is 21.4 Å². The molecule has 1 N–H and O–H groups in total. The number of carbonyl (C=O) groups excluding carboxylic acids is 1. The Kier molecular flexibility index (Phi) is 7.56. The van der Waals surface area contributed by atoms with E-state index in [1.54, 1.807) is 24.3 Å². The Bertz CT molecular complexity index is 1200. The second-order valence-electron chi connectivity index (χ2n) is 7.40. The van der Waals surface area contributed by atoms with Gasteiger partial charge < -0.3 is 10.1 Å². The van der Waals surface area contributed by atoms with Crippen molar-refractivity contribution in [2.24, 2.45) is 0 Å². The molecule has 0 heterocycles. The molecular formula is C24H25ClN2O4S. The van der Waals surface area contributed by atoms with E-state index in [4.69, 9.17) is 16.3 Å². The van der Waals surface area contributed by atoms with E-state index in [0.29, 0.717) is 16.5 Å². The minimum atomic E-state index is -3.66. The van der Waals surface area contributed by atoms with Crippen molar-refractivity contribution in [1.29, 1.82) is 0 Å². The summed E-state index contributed by atoms with van der Waals surface area (Å²) in [6, 6.07) is 18.9. The van der Waals surface area contributed by atoms with Gasteiger partial charge in [0.1, 0.15) is 5.75 Å². The Morgan fingerprint density at radius 2 is 1.62 bits per heavy atom. The number of amides is 1. The summed E-state index contributed by atoms with van der Waals surface area (Å²) >= 11 is 6.08. The lowest BCUT2D eigenvalue weighted by atomic mass is 10.1. The van der Waals surface area contributed by atoms with Crippen LogP contribution in [-0.4, -0.2) is 32.3 Å². The van der Waals surface area contributed by atoms with Crippen LogP contribution in [0, 0.1) is 13.8 Å². The van der Waals surface area contributed by atoms with Gasteiger partial charge in [-0.25, -0.2) is 8.42 Å². The number of anilines is 1. The zero-order valence-corrected chi connectivity index (χ0v) is 19.7. The lowest BCUT2D eigenvalue weighted by Crippen LogP contribution is -2.26. The van der Waals surface area contributed by atoms with Crippen LogP contribution in [0.4, 0.5) is 5.69 Å². The number of halogens is 1. The standard InChI is InChI=1S/C24H25ClN2O4S/c1-17-18(2)23(14-13-22(17)25)31-16-24(28)26-20-9-11-21(12-10-20)32(29,30)27(3)15-19-7-5-4-6-8-19/h4-14H,15-16H2,1-3H3,(H,26,28). The number of rotatable bonds is 8. The van der Waals surface area contributed by atoms with Crippen LogP contribution in [0.15, 0.2) is 71.6 Å². The summed E-state index contributed by atoms with van der Waals surface area (Å²) in [4.78, 5) is 12.4. The van der Waals surface area contributed by atoms with Crippen LogP contribution >= 0.6 is 11.6 Å². The van der Waals surface area contributed by atoms with Crippen molar-refractivity contribution < 1.29 is 17.9 Å². The first kappa shape index (κ1) is 23.8. The maximum Gasteiger partial charge on any atom is 0.262 e. The highest BCUT2D eigenvalue weighted by molar-refractivity contribution is 7.89. The Morgan fingerprint density at radius 3 is 2.28 bits per heavy atom. The van der Waals surface area contributed by atoms with Crippen molar-refractivity contribution in [2.45, 2.75) is 25.3 Å². The number of benzene rings is 3. The van der Waals surface area contributed by atoms with Gasteiger partial charge in [0, 0.05) is 24.3 Å². The number of nitrogens with one attached hydrogen (secondary N) is 1. The number of ether oxygens (including phenoxy) is 1. The third kappa shape index (κ3) is 5.68. The van der Waals surface area contributed by atoms with Gasteiger partial charge in [0.2, 0.25) is 10.0 Å². The van der Waals surface area contributed by atoms with Gasteiger partial charge in [-0.05, 0) is 66.9 Å². The predicted molar refractivity (Wildman–Crippen MR) is 127 cm³/mol. The molecule has 0 spiro atoms. The van der Waals surface area contributed by atoms with Crippen LogP contribution in [0.1, 0.15) is 16.7 Å². The molecule has 3 aromatic carbocycles. The summed E-state index contributed by atoms with van der Waals surface area (Å²) in [6.45, 7) is 3.85. The lowest BCUT2D eigenvalue weighted by Gasteiger charge is -2.17. The van der Waals surface area contributed by atoms with Crippen LogP contribution in [0.25, 0.3) is 0 Å². The van der Waals surface area contributed by atoms with Crippen molar-refractivity contribution in [2.75, 3.05) is 19.0 Å². The van der Waals surface area contributed by atoms with Gasteiger partial charge in [0.05, 0.1) is 4.90 Å². The first-order valence-electron chi connectivity index (χ1n) is 9.97. The fourth-order valence-corrected chi connectivity index (χ4v) is 4.44. The normalized spacial score (nSPS) is 11.4. The Morgan fingerprint density at radius 1 is 0.969 bits per heavy atom. The third-order valence-corrected chi connectivity index (χ3v) is 7.35. The predicted octanol–water partition coefficient (Wildman–Crippen LogP) is 4.80. The van der Waals surface area contributed by atoms with Gasteiger partial charge >= 0.3 is 0 Å². The van der Waals surface area contributed by atoms with Crippen molar-refractivity contribution in [3.8, 4) is 5.75 Å². The highest BCUT2D eigenvalue weighted by Gasteiger charge is 2.21. The van der Waals surface area contributed by atoms with Crippen molar-refractivity contribution in [3.63, 3.8) is 0 Å². The van der Waals surface area contributed by atoms with E-state index in [2.05, 4.69) is 5.32 Å². The molecule has 6 nitrogen and oxygen atoms in total. The minimum Gasteiger partial charge on any atom is -0.483 e. The summed E-state index contributed by atoms with van der Waals surface area (Å²) in [5.41, 5.74) is 3.15. The highest BCUT2D eigenvalue weighted by atomic mass is 35.5. The molecule has 0 aliphatic rings. The molecule has 0 fully saturated rings. The van der Waals surface area contributed by atoms with E-state index >= 15 is 0 Å². The quantitative estimate of drug-likeness (QED) is 0.511. The molecule has 3 aromatic rings. The van der Waals surface area contributed by atoms with Crippen LogP contribution < -0.4 is 10.1 Å². The summed E-state index contributed by atoms with van der Waals surface area (Å²) in [6.07, 6.45) is 0. The third-order valence-electron chi connectivity index (χ3n) is 5.12. The molecule has 0 atom stereocenters. The Labute approximate surface area is 193 Å². The maximum atomic E-state index is 12.8. The molecule has 3 rings (SSSR count). The molecule has 32 heavy (non-hydrogen) atoms. The molecule has 0 saturated carbocycles. The van der Waals surface area contributed by atoms with Crippen LogP contribution in [0.3, 0.4) is 0 Å². The summed E-state index contributed by atoms with van der Waals surface area (Å²) < 4.78 is 32.5. The molecule has 0 aliphatic heterocycles. The zero-order valence-electron chi connectivity index (χ0n) is 18.1. The second-order valence-corrected chi connectivity index (χ2v) is 9.86. The topological polar surface area (TPSA) is 75.7 Å². The Balaban J connectivity index is 1.60. The average Bonchev–Trinajstić information content (AvgIpc) is 2.78. The average molecular weight is 473 g/mol. The van der Waals surface area contributed by atoms with E-state index in [9.17, 15) is 13.2 Å². The Hall–Kier alpha value is -2.87. The number of sulfonamides is 1. The molecule has 0 aromatic heterocycles. The fraction of sp³-hybridized carbons (Fsp3) is 0.208. The van der Waals surface area contributed by atoms with Gasteiger partial charge in [0.15, 0.2) is 6.61 Å². The van der Waals surface area contributed by atoms with E-state index in [1.165, 1.54) is 23.5 Å². The number of carbonyl (C=O) groups is 1. The first-order chi connectivity index (χ1) is 15.2. The molecule has 0 saturated heterocycles. The van der Waals surface area contributed by atoms with Gasteiger partial charge in [-0.3, -0.25) is 4.79 Å². The molecule has 0 unspecified atom stereocenters. The molecule has 0 aliphatic carbocycles. The zero-order chi connectivity index (χ0) is 23.3. The summed E-state index contributed by atoms with van der Waals surface area (Å²) in [5.74, 6) is 0.235. The van der Waals surface area contributed by atoms with Crippen LogP contribution in [0.2, 0.25) is 5.02 Å². The van der Waals surface area contributed by atoms with E-state index in [0.717, 1.165) is 16.7 Å². The molecule has 1 amide bonds. The fourth-order valence-electron chi connectivity index (χ4n) is 3.08. The molecule has 0 radical (unpaired) electrons. The van der Waals surface area contributed by atoms with Crippen LogP contribution in [0.5, 0.6) is 5.75 Å². The first-order valence-corrected chi connectivity index (χ1v) is 11.8. The second kappa shape index (κ2) is 10.2. The van der Waals surface area contributed by atoms with Crippen molar-refractivity contribution in [3.05, 3.63) is 88.4 Å². The number of nitrogens with zero attached hydrogens (tertiary/aromatic N) is 1. The lowest BCUT2D eigenvalue weighted by molar-refractivity contribution is -0.118. The minimum absolute atomic E-state index is 0.150. The van der Waals surface area contributed by atoms with Crippen molar-refractivity contribution in [1.82, 2.24) is 4.31 Å². The van der Waals surface area contributed by atoms with Crippen molar-refractivity contribution >= 4 is 33.2 Å². The highest BCUT2D eigenvalue weighted by Crippen LogP contribution is 2.27.